The molecule has 0 aliphatic rings. The number of nitrogens with one attached hydrogen (secondary N) is 3. The van der Waals surface area contributed by atoms with Crippen molar-refractivity contribution in [2.75, 3.05) is 0 Å². The highest BCUT2D eigenvalue weighted by molar-refractivity contribution is 5.82. The molecule has 0 aliphatic carbocycles. The largest absolute Gasteiger partial charge is 0.480 e. The van der Waals surface area contributed by atoms with Gasteiger partial charge < -0.3 is 25.1 Å². The summed E-state index contributed by atoms with van der Waals surface area (Å²) in [6.07, 6.45) is 4.59. The standard InChI is InChI=1S/C13H16N4O4/c1-8(11-3-2-4-21-11)16-13(20)17-10(12(18)19)5-9-6-14-7-15-9/h2-4,6-8,10H,5H2,1H3,(H,14,15)(H,18,19)(H2,16,17,20)/t8?,10-/m0/s1. The number of furan rings is 1. The van der Waals surface area contributed by atoms with Crippen LogP contribution in [0.3, 0.4) is 0 Å². The summed E-state index contributed by atoms with van der Waals surface area (Å²) in [6.45, 7) is 1.74. The number of carboxylic acids is 1. The number of rotatable bonds is 6. The Morgan fingerprint density at radius 1 is 1.48 bits per heavy atom. The van der Waals surface area contributed by atoms with Crippen molar-refractivity contribution in [1.82, 2.24) is 20.6 Å². The quantitative estimate of drug-likeness (QED) is 0.634. The van der Waals surface area contributed by atoms with E-state index in [-0.39, 0.29) is 12.5 Å². The summed E-state index contributed by atoms with van der Waals surface area (Å²) < 4.78 is 5.16. The number of aromatic nitrogens is 2. The van der Waals surface area contributed by atoms with Gasteiger partial charge in [0.1, 0.15) is 11.8 Å². The van der Waals surface area contributed by atoms with Gasteiger partial charge in [0.15, 0.2) is 0 Å². The monoisotopic (exact) mass is 292 g/mol. The number of urea groups is 1. The lowest BCUT2D eigenvalue weighted by atomic mass is 10.1. The highest BCUT2D eigenvalue weighted by Gasteiger charge is 2.22. The Morgan fingerprint density at radius 3 is 2.86 bits per heavy atom. The van der Waals surface area contributed by atoms with E-state index in [4.69, 9.17) is 9.52 Å². The van der Waals surface area contributed by atoms with E-state index in [9.17, 15) is 9.59 Å². The van der Waals surface area contributed by atoms with Gasteiger partial charge in [0.25, 0.3) is 0 Å². The van der Waals surface area contributed by atoms with Crippen LogP contribution in [0.1, 0.15) is 24.4 Å². The van der Waals surface area contributed by atoms with Gasteiger partial charge in [-0.1, -0.05) is 0 Å². The molecule has 1 unspecified atom stereocenters. The van der Waals surface area contributed by atoms with E-state index in [0.717, 1.165) is 0 Å². The van der Waals surface area contributed by atoms with Crippen LogP contribution in [0, 0.1) is 0 Å². The lowest BCUT2D eigenvalue weighted by Gasteiger charge is -2.17. The minimum absolute atomic E-state index is 0.123. The van der Waals surface area contributed by atoms with Crippen molar-refractivity contribution in [2.24, 2.45) is 0 Å². The summed E-state index contributed by atoms with van der Waals surface area (Å²) >= 11 is 0. The first-order chi connectivity index (χ1) is 10.1. The molecule has 0 radical (unpaired) electrons. The number of H-pyrrole nitrogens is 1. The zero-order chi connectivity index (χ0) is 15.2. The van der Waals surface area contributed by atoms with E-state index < -0.39 is 18.0 Å². The second-order valence-corrected chi connectivity index (χ2v) is 4.53. The van der Waals surface area contributed by atoms with Crippen LogP contribution in [0.15, 0.2) is 35.3 Å². The first-order valence-corrected chi connectivity index (χ1v) is 6.36. The fourth-order valence-corrected chi connectivity index (χ4v) is 1.82. The van der Waals surface area contributed by atoms with Crippen LogP contribution in [0.2, 0.25) is 0 Å². The number of nitrogens with zero attached hydrogens (tertiary/aromatic N) is 1. The zero-order valence-electron chi connectivity index (χ0n) is 11.4. The molecular weight excluding hydrogens is 276 g/mol. The minimum atomic E-state index is -1.12. The number of imidazole rings is 1. The summed E-state index contributed by atoms with van der Waals surface area (Å²) in [5.41, 5.74) is 0.627. The second-order valence-electron chi connectivity index (χ2n) is 4.53. The topological polar surface area (TPSA) is 120 Å². The summed E-state index contributed by atoms with van der Waals surface area (Å²) in [4.78, 5) is 29.6. The van der Waals surface area contributed by atoms with Crippen molar-refractivity contribution < 1.29 is 19.1 Å². The molecule has 8 heteroatoms. The molecule has 8 nitrogen and oxygen atoms in total. The number of hydrogen-bond donors (Lipinski definition) is 4. The minimum Gasteiger partial charge on any atom is -0.480 e. The molecule has 21 heavy (non-hydrogen) atoms. The molecule has 2 aromatic heterocycles. The van der Waals surface area contributed by atoms with Crippen LogP contribution in [0.5, 0.6) is 0 Å². The molecule has 2 atom stereocenters. The van der Waals surface area contributed by atoms with Crippen LogP contribution in [-0.4, -0.2) is 33.1 Å². The second kappa shape index (κ2) is 6.60. The van der Waals surface area contributed by atoms with Gasteiger partial charge in [-0.05, 0) is 19.1 Å². The maximum Gasteiger partial charge on any atom is 0.326 e. The average Bonchev–Trinajstić information content (AvgIpc) is 3.10. The van der Waals surface area contributed by atoms with Crippen molar-refractivity contribution in [3.8, 4) is 0 Å². The van der Waals surface area contributed by atoms with Gasteiger partial charge in [0, 0.05) is 18.3 Å². The Kier molecular flexibility index (Phi) is 4.60. The van der Waals surface area contributed by atoms with Crippen molar-refractivity contribution in [2.45, 2.75) is 25.4 Å². The highest BCUT2D eigenvalue weighted by Crippen LogP contribution is 2.11. The van der Waals surface area contributed by atoms with Crippen molar-refractivity contribution in [3.63, 3.8) is 0 Å². The van der Waals surface area contributed by atoms with Gasteiger partial charge in [0.05, 0.1) is 18.6 Å². The number of amides is 2. The summed E-state index contributed by atoms with van der Waals surface area (Å²) in [5.74, 6) is -0.531. The number of carbonyl (C=O) groups excluding carboxylic acids is 1. The molecule has 4 N–H and O–H groups in total. The SMILES string of the molecule is CC(NC(=O)N[C@@H](Cc1cnc[nH]1)C(=O)O)c1ccco1. The zero-order valence-corrected chi connectivity index (χ0v) is 11.4. The average molecular weight is 292 g/mol. The molecule has 0 aliphatic heterocycles. The van der Waals surface area contributed by atoms with Gasteiger partial charge in [-0.3, -0.25) is 0 Å². The third kappa shape index (κ3) is 4.10. The number of carboxylic acid groups (broad SMARTS) is 1. The Labute approximate surface area is 120 Å². The molecule has 0 fully saturated rings. The fraction of sp³-hybridized carbons (Fsp3) is 0.308. The predicted molar refractivity (Wildman–Crippen MR) is 72.5 cm³/mol. The molecular formula is C13H16N4O4. The van der Waals surface area contributed by atoms with Gasteiger partial charge >= 0.3 is 12.0 Å². The Balaban J connectivity index is 1.90. The highest BCUT2D eigenvalue weighted by atomic mass is 16.4. The molecule has 0 aromatic carbocycles. The number of carbonyl (C=O) groups is 2. The van der Waals surface area contributed by atoms with E-state index in [1.807, 2.05) is 0 Å². The Bertz CT molecular complexity index is 579. The van der Waals surface area contributed by atoms with Crippen LogP contribution < -0.4 is 10.6 Å². The molecule has 112 valence electrons. The summed E-state index contributed by atoms with van der Waals surface area (Å²) in [7, 11) is 0. The van der Waals surface area contributed by atoms with Crippen molar-refractivity contribution in [3.05, 3.63) is 42.4 Å². The number of hydrogen-bond acceptors (Lipinski definition) is 4. The maximum absolute atomic E-state index is 11.8. The number of aromatic amines is 1. The third-order valence-electron chi connectivity index (χ3n) is 2.90. The molecule has 2 heterocycles. The summed E-state index contributed by atoms with van der Waals surface area (Å²) in [5, 5.41) is 14.2. The maximum atomic E-state index is 11.8. The van der Waals surface area contributed by atoms with Gasteiger partial charge in [-0.2, -0.15) is 0 Å². The van der Waals surface area contributed by atoms with Crippen molar-refractivity contribution in [1.29, 1.82) is 0 Å². The van der Waals surface area contributed by atoms with Crippen LogP contribution in [-0.2, 0) is 11.2 Å². The Morgan fingerprint density at radius 2 is 2.29 bits per heavy atom. The Hall–Kier alpha value is -2.77. The van der Waals surface area contributed by atoms with E-state index in [1.165, 1.54) is 18.8 Å². The lowest BCUT2D eigenvalue weighted by Crippen LogP contribution is -2.47. The lowest BCUT2D eigenvalue weighted by molar-refractivity contribution is -0.139. The van der Waals surface area contributed by atoms with Gasteiger partial charge in [0.2, 0.25) is 0 Å². The molecule has 2 rings (SSSR count). The molecule has 2 aromatic rings. The first kappa shape index (κ1) is 14.6. The van der Waals surface area contributed by atoms with Crippen molar-refractivity contribution >= 4 is 12.0 Å². The first-order valence-electron chi connectivity index (χ1n) is 6.36. The normalized spacial score (nSPS) is 13.4. The van der Waals surface area contributed by atoms with E-state index in [2.05, 4.69) is 20.6 Å². The van der Waals surface area contributed by atoms with E-state index in [1.54, 1.807) is 19.1 Å². The van der Waals surface area contributed by atoms with Gasteiger partial charge in [-0.25, -0.2) is 14.6 Å². The van der Waals surface area contributed by atoms with Crippen LogP contribution in [0.4, 0.5) is 4.79 Å². The molecule has 0 saturated heterocycles. The predicted octanol–water partition coefficient (Wildman–Crippen LogP) is 1.06. The molecule has 2 amide bonds. The molecule has 0 bridgehead atoms. The van der Waals surface area contributed by atoms with Crippen LogP contribution >= 0.6 is 0 Å². The summed E-state index contributed by atoms with van der Waals surface area (Å²) in [6, 6.07) is 1.45. The van der Waals surface area contributed by atoms with E-state index >= 15 is 0 Å². The smallest absolute Gasteiger partial charge is 0.326 e. The fourth-order valence-electron chi connectivity index (χ4n) is 1.82. The third-order valence-corrected chi connectivity index (χ3v) is 2.90. The number of aliphatic carboxylic acids is 1. The molecule has 0 saturated carbocycles. The molecule has 0 spiro atoms. The van der Waals surface area contributed by atoms with E-state index in [0.29, 0.717) is 11.5 Å². The van der Waals surface area contributed by atoms with Gasteiger partial charge in [-0.15, -0.1) is 0 Å². The van der Waals surface area contributed by atoms with Crippen LogP contribution in [0.25, 0.3) is 0 Å².